The van der Waals surface area contributed by atoms with Crippen molar-refractivity contribution in [3.63, 3.8) is 0 Å². The van der Waals surface area contributed by atoms with Crippen LogP contribution in [0.4, 0.5) is 0 Å². The summed E-state index contributed by atoms with van der Waals surface area (Å²) in [6.45, 7) is 0. The molecule has 1 fully saturated rings. The van der Waals surface area contributed by atoms with Gasteiger partial charge in [-0.2, -0.15) is 5.26 Å². The Kier molecular flexibility index (Phi) is 2.32. The lowest BCUT2D eigenvalue weighted by atomic mass is 9.99. The number of hydrogen-bond acceptors (Lipinski definition) is 4. The van der Waals surface area contributed by atoms with E-state index in [1.807, 2.05) is 0 Å². The highest BCUT2D eigenvalue weighted by Gasteiger charge is 2.32. The smallest absolute Gasteiger partial charge is 0.316 e. The zero-order chi connectivity index (χ0) is 9.97. The minimum absolute atomic E-state index is 0.0408. The SMILES string of the molecule is COc1ncc(C(C#N)C2CC2)cn1. The molecule has 1 aliphatic rings. The summed E-state index contributed by atoms with van der Waals surface area (Å²) >= 11 is 0. The Bertz CT molecular complexity index is 351. The largest absolute Gasteiger partial charge is 0.467 e. The van der Waals surface area contributed by atoms with Gasteiger partial charge >= 0.3 is 6.01 Å². The Morgan fingerprint density at radius 2 is 2.14 bits per heavy atom. The molecule has 0 spiro atoms. The second-order valence-corrected chi connectivity index (χ2v) is 3.45. The number of rotatable bonds is 3. The quantitative estimate of drug-likeness (QED) is 0.723. The third kappa shape index (κ3) is 1.67. The van der Waals surface area contributed by atoms with Gasteiger partial charge in [0.05, 0.1) is 19.1 Å². The van der Waals surface area contributed by atoms with Gasteiger partial charge in [0.2, 0.25) is 0 Å². The van der Waals surface area contributed by atoms with Crippen LogP contribution in [0.5, 0.6) is 6.01 Å². The molecule has 1 aromatic rings. The van der Waals surface area contributed by atoms with E-state index in [0.717, 1.165) is 18.4 Å². The molecule has 1 unspecified atom stereocenters. The van der Waals surface area contributed by atoms with E-state index >= 15 is 0 Å². The lowest BCUT2D eigenvalue weighted by Crippen LogP contribution is -2.01. The van der Waals surface area contributed by atoms with Gasteiger partial charge in [-0.25, -0.2) is 9.97 Å². The number of methoxy groups -OCH3 is 1. The van der Waals surface area contributed by atoms with Crippen molar-refractivity contribution < 1.29 is 4.74 Å². The number of nitriles is 1. The van der Waals surface area contributed by atoms with Crippen LogP contribution in [0, 0.1) is 17.2 Å². The summed E-state index contributed by atoms with van der Waals surface area (Å²) in [6.07, 6.45) is 5.64. The highest BCUT2D eigenvalue weighted by Crippen LogP contribution is 2.41. The Morgan fingerprint density at radius 1 is 1.50 bits per heavy atom. The van der Waals surface area contributed by atoms with Crippen LogP contribution >= 0.6 is 0 Å². The molecule has 72 valence electrons. The molecule has 1 atom stereocenters. The van der Waals surface area contributed by atoms with Crippen molar-refractivity contribution in [3.8, 4) is 12.1 Å². The van der Waals surface area contributed by atoms with Crippen molar-refractivity contribution in [3.05, 3.63) is 18.0 Å². The van der Waals surface area contributed by atoms with Crippen LogP contribution in [0.2, 0.25) is 0 Å². The van der Waals surface area contributed by atoms with E-state index in [1.165, 1.54) is 7.11 Å². The third-order valence-corrected chi connectivity index (χ3v) is 2.42. The van der Waals surface area contributed by atoms with Gasteiger partial charge in [0.1, 0.15) is 0 Å². The number of aromatic nitrogens is 2. The minimum Gasteiger partial charge on any atom is -0.467 e. The molecule has 0 N–H and O–H groups in total. The van der Waals surface area contributed by atoms with E-state index in [4.69, 9.17) is 10.00 Å². The average Bonchev–Trinajstić information content (AvgIpc) is 3.04. The van der Waals surface area contributed by atoms with Gasteiger partial charge in [0.15, 0.2) is 0 Å². The highest BCUT2D eigenvalue weighted by atomic mass is 16.5. The predicted molar refractivity (Wildman–Crippen MR) is 49.7 cm³/mol. The molecule has 0 radical (unpaired) electrons. The van der Waals surface area contributed by atoms with Crippen molar-refractivity contribution in [2.45, 2.75) is 18.8 Å². The summed E-state index contributed by atoms with van der Waals surface area (Å²) in [5.41, 5.74) is 0.899. The fraction of sp³-hybridized carbons (Fsp3) is 0.500. The lowest BCUT2D eigenvalue weighted by molar-refractivity contribution is 0.379. The van der Waals surface area contributed by atoms with Crippen LogP contribution in [0.25, 0.3) is 0 Å². The number of hydrogen-bond donors (Lipinski definition) is 0. The summed E-state index contributed by atoms with van der Waals surface area (Å²) in [4.78, 5) is 7.98. The molecule has 14 heavy (non-hydrogen) atoms. The van der Waals surface area contributed by atoms with Gasteiger partial charge in [-0.15, -0.1) is 0 Å². The first-order chi connectivity index (χ1) is 6.85. The summed E-state index contributed by atoms with van der Waals surface area (Å²) in [7, 11) is 1.53. The molecule has 4 heteroatoms. The molecular formula is C10H11N3O. The zero-order valence-corrected chi connectivity index (χ0v) is 7.97. The van der Waals surface area contributed by atoms with Gasteiger partial charge in [-0.3, -0.25) is 0 Å². The Hall–Kier alpha value is -1.63. The van der Waals surface area contributed by atoms with Crippen LogP contribution in [0.3, 0.4) is 0 Å². The summed E-state index contributed by atoms with van der Waals surface area (Å²) in [5, 5.41) is 8.98. The monoisotopic (exact) mass is 189 g/mol. The Balaban J connectivity index is 2.18. The van der Waals surface area contributed by atoms with Crippen molar-refractivity contribution in [2.24, 2.45) is 5.92 Å². The van der Waals surface area contributed by atoms with Crippen LogP contribution in [-0.2, 0) is 0 Å². The van der Waals surface area contributed by atoms with E-state index in [9.17, 15) is 0 Å². The summed E-state index contributed by atoms with van der Waals surface area (Å²) in [5.74, 6) is 0.470. The van der Waals surface area contributed by atoms with E-state index in [0.29, 0.717) is 11.9 Å². The molecule has 4 nitrogen and oxygen atoms in total. The topological polar surface area (TPSA) is 58.8 Å². The van der Waals surface area contributed by atoms with Crippen LogP contribution in [-0.4, -0.2) is 17.1 Å². The molecule has 1 saturated carbocycles. The van der Waals surface area contributed by atoms with Gasteiger partial charge in [0, 0.05) is 18.0 Å². The fourth-order valence-electron chi connectivity index (χ4n) is 1.47. The molecule has 2 rings (SSSR count). The molecule has 1 heterocycles. The van der Waals surface area contributed by atoms with Crippen LogP contribution < -0.4 is 4.74 Å². The van der Waals surface area contributed by atoms with Gasteiger partial charge in [-0.05, 0) is 18.8 Å². The van der Waals surface area contributed by atoms with E-state index < -0.39 is 0 Å². The molecular weight excluding hydrogens is 178 g/mol. The molecule has 0 aromatic carbocycles. The Morgan fingerprint density at radius 3 is 2.57 bits per heavy atom. The number of ether oxygens (including phenoxy) is 1. The lowest BCUT2D eigenvalue weighted by Gasteiger charge is -2.06. The molecule has 0 amide bonds. The highest BCUT2D eigenvalue weighted by molar-refractivity contribution is 5.23. The van der Waals surface area contributed by atoms with E-state index in [2.05, 4.69) is 16.0 Å². The maximum absolute atomic E-state index is 8.98. The van der Waals surface area contributed by atoms with Crippen molar-refractivity contribution >= 4 is 0 Å². The predicted octanol–water partition coefficient (Wildman–Crippen LogP) is 1.50. The Labute approximate surface area is 82.6 Å². The van der Waals surface area contributed by atoms with Crippen molar-refractivity contribution in [1.82, 2.24) is 9.97 Å². The first-order valence-corrected chi connectivity index (χ1v) is 4.60. The normalized spacial score (nSPS) is 17.1. The van der Waals surface area contributed by atoms with Gasteiger partial charge in [-0.1, -0.05) is 0 Å². The fourth-order valence-corrected chi connectivity index (χ4v) is 1.47. The van der Waals surface area contributed by atoms with Crippen LogP contribution in [0.1, 0.15) is 24.3 Å². The third-order valence-electron chi connectivity index (χ3n) is 2.42. The zero-order valence-electron chi connectivity index (χ0n) is 7.97. The summed E-state index contributed by atoms with van der Waals surface area (Å²) < 4.78 is 4.85. The maximum Gasteiger partial charge on any atom is 0.316 e. The van der Waals surface area contributed by atoms with Crippen LogP contribution in [0.15, 0.2) is 12.4 Å². The van der Waals surface area contributed by atoms with Crippen molar-refractivity contribution in [1.29, 1.82) is 5.26 Å². The molecule has 0 saturated heterocycles. The second kappa shape index (κ2) is 3.62. The summed E-state index contributed by atoms with van der Waals surface area (Å²) in [6, 6.07) is 2.65. The molecule has 0 aliphatic heterocycles. The maximum atomic E-state index is 8.98. The standard InChI is InChI=1S/C10H11N3O/c1-14-10-12-5-8(6-13-10)9(4-11)7-2-3-7/h5-7,9H,2-3H2,1H3. The van der Waals surface area contributed by atoms with E-state index in [-0.39, 0.29) is 5.92 Å². The molecule has 1 aromatic heterocycles. The van der Waals surface area contributed by atoms with Crippen molar-refractivity contribution in [2.75, 3.05) is 7.11 Å². The molecule has 0 bridgehead atoms. The van der Waals surface area contributed by atoms with Gasteiger partial charge in [0.25, 0.3) is 0 Å². The number of nitrogens with zero attached hydrogens (tertiary/aromatic N) is 3. The molecule has 1 aliphatic carbocycles. The minimum atomic E-state index is -0.0408. The average molecular weight is 189 g/mol. The van der Waals surface area contributed by atoms with E-state index in [1.54, 1.807) is 12.4 Å². The second-order valence-electron chi connectivity index (χ2n) is 3.45. The van der Waals surface area contributed by atoms with Gasteiger partial charge < -0.3 is 4.74 Å². The first kappa shape index (κ1) is 8.95. The first-order valence-electron chi connectivity index (χ1n) is 4.60.